The Bertz CT molecular complexity index is 1040. The van der Waals surface area contributed by atoms with Gasteiger partial charge in [-0.15, -0.1) is 0 Å². The highest BCUT2D eigenvalue weighted by atomic mass is 32.2. The molecule has 8 nitrogen and oxygen atoms in total. The number of non-ortho nitro benzene ring substituents is 1. The maximum atomic E-state index is 12.7. The Balaban J connectivity index is 1.61. The third-order valence-electron chi connectivity index (χ3n) is 5.03. The third-order valence-corrected chi connectivity index (χ3v) is 6.95. The van der Waals surface area contributed by atoms with Crippen LogP contribution in [-0.4, -0.2) is 36.6 Å². The molecule has 30 heavy (non-hydrogen) atoms. The second kappa shape index (κ2) is 9.19. The van der Waals surface area contributed by atoms with Gasteiger partial charge in [0.2, 0.25) is 15.9 Å². The number of hydrogen-bond donors (Lipinski definition) is 1. The van der Waals surface area contributed by atoms with Crippen LogP contribution in [0.1, 0.15) is 25.3 Å². The predicted molar refractivity (Wildman–Crippen MR) is 114 cm³/mol. The van der Waals surface area contributed by atoms with Gasteiger partial charge >= 0.3 is 0 Å². The maximum Gasteiger partial charge on any atom is 0.269 e. The Labute approximate surface area is 175 Å². The summed E-state index contributed by atoms with van der Waals surface area (Å²) in [4.78, 5) is 22.5. The van der Waals surface area contributed by atoms with Crippen molar-refractivity contribution in [2.24, 2.45) is 5.92 Å². The summed E-state index contributed by atoms with van der Waals surface area (Å²) in [5.74, 6) is 0.141. The number of carbonyl (C=O) groups is 1. The molecule has 158 valence electrons. The molecule has 0 aromatic heterocycles. The van der Waals surface area contributed by atoms with Crippen molar-refractivity contribution in [3.8, 4) is 0 Å². The van der Waals surface area contributed by atoms with Gasteiger partial charge in [-0.2, -0.15) is 4.31 Å². The van der Waals surface area contributed by atoms with E-state index in [4.69, 9.17) is 0 Å². The lowest BCUT2D eigenvalue weighted by Crippen LogP contribution is -2.37. The minimum atomic E-state index is -3.53. The summed E-state index contributed by atoms with van der Waals surface area (Å²) in [6.07, 6.45) is 4.55. The van der Waals surface area contributed by atoms with Crippen molar-refractivity contribution in [1.82, 2.24) is 4.31 Å². The van der Waals surface area contributed by atoms with Crippen molar-refractivity contribution in [3.05, 3.63) is 70.3 Å². The number of rotatable bonds is 6. The Morgan fingerprint density at radius 3 is 2.27 bits per heavy atom. The van der Waals surface area contributed by atoms with E-state index in [0.29, 0.717) is 30.3 Å². The van der Waals surface area contributed by atoms with Crippen molar-refractivity contribution >= 4 is 33.4 Å². The summed E-state index contributed by atoms with van der Waals surface area (Å²) >= 11 is 0. The number of carbonyl (C=O) groups excluding carboxylic acids is 1. The van der Waals surface area contributed by atoms with Crippen molar-refractivity contribution < 1.29 is 18.1 Å². The summed E-state index contributed by atoms with van der Waals surface area (Å²) in [7, 11) is -3.53. The lowest BCUT2D eigenvalue weighted by molar-refractivity contribution is -0.384. The summed E-state index contributed by atoms with van der Waals surface area (Å²) in [5.41, 5.74) is 1.10. The number of hydrogen-bond acceptors (Lipinski definition) is 5. The molecule has 0 unspecified atom stereocenters. The van der Waals surface area contributed by atoms with E-state index in [0.717, 1.165) is 12.8 Å². The molecule has 0 atom stereocenters. The highest BCUT2D eigenvalue weighted by Crippen LogP contribution is 2.24. The van der Waals surface area contributed by atoms with Crippen molar-refractivity contribution in [3.63, 3.8) is 0 Å². The van der Waals surface area contributed by atoms with Crippen LogP contribution in [0.25, 0.3) is 6.08 Å². The van der Waals surface area contributed by atoms with Gasteiger partial charge in [-0.25, -0.2) is 8.42 Å². The van der Waals surface area contributed by atoms with E-state index in [-0.39, 0.29) is 10.6 Å². The van der Waals surface area contributed by atoms with Gasteiger partial charge in [-0.05, 0) is 66.8 Å². The van der Waals surface area contributed by atoms with Gasteiger partial charge < -0.3 is 5.32 Å². The van der Waals surface area contributed by atoms with Crippen LogP contribution < -0.4 is 5.32 Å². The van der Waals surface area contributed by atoms with E-state index in [9.17, 15) is 23.3 Å². The molecule has 1 N–H and O–H groups in total. The maximum absolute atomic E-state index is 12.7. The van der Waals surface area contributed by atoms with Crippen LogP contribution >= 0.6 is 0 Å². The number of nitrogens with one attached hydrogen (secondary N) is 1. The van der Waals surface area contributed by atoms with E-state index < -0.39 is 20.9 Å². The molecule has 0 radical (unpaired) electrons. The fourth-order valence-electron chi connectivity index (χ4n) is 3.15. The molecule has 1 fully saturated rings. The summed E-state index contributed by atoms with van der Waals surface area (Å²) < 4.78 is 27.0. The summed E-state index contributed by atoms with van der Waals surface area (Å²) in [6.45, 7) is 3.17. The van der Waals surface area contributed by atoms with Crippen LogP contribution in [0.5, 0.6) is 0 Å². The molecule has 0 spiro atoms. The van der Waals surface area contributed by atoms with Crippen molar-refractivity contribution in [2.75, 3.05) is 18.4 Å². The molecule has 9 heteroatoms. The Morgan fingerprint density at radius 1 is 1.10 bits per heavy atom. The molecular formula is C21H23N3O5S. The Morgan fingerprint density at radius 2 is 1.70 bits per heavy atom. The van der Waals surface area contributed by atoms with Gasteiger partial charge in [0.1, 0.15) is 0 Å². The van der Waals surface area contributed by atoms with Gasteiger partial charge in [0.15, 0.2) is 0 Å². The molecule has 1 aliphatic rings. The number of anilines is 1. The highest BCUT2D eigenvalue weighted by Gasteiger charge is 2.27. The Hall–Kier alpha value is -3.04. The molecule has 2 aromatic carbocycles. The zero-order valence-corrected chi connectivity index (χ0v) is 17.3. The fraction of sp³-hybridized carbons (Fsp3) is 0.286. The van der Waals surface area contributed by atoms with Crippen LogP contribution in [-0.2, 0) is 14.8 Å². The molecule has 2 aromatic rings. The van der Waals surface area contributed by atoms with Crippen LogP contribution in [0.15, 0.2) is 59.5 Å². The van der Waals surface area contributed by atoms with E-state index in [2.05, 4.69) is 12.2 Å². The minimum Gasteiger partial charge on any atom is -0.323 e. The second-order valence-electron chi connectivity index (χ2n) is 7.28. The predicted octanol–water partition coefficient (Wildman–Crippen LogP) is 3.67. The first kappa shape index (κ1) is 21.7. The standard InChI is InChI=1S/C21H23N3O5S/c1-16-12-14-23(15-13-16)30(28,29)20-9-5-18(6-10-20)22-21(25)11-4-17-2-7-19(8-3-17)24(26)27/h2-11,16H,12-15H2,1H3,(H,22,25)/b11-4+. The minimum absolute atomic E-state index is 0.0225. The summed E-state index contributed by atoms with van der Waals surface area (Å²) in [6, 6.07) is 11.9. The van der Waals surface area contributed by atoms with E-state index in [1.165, 1.54) is 40.7 Å². The van der Waals surface area contributed by atoms with Crippen LogP contribution in [0.2, 0.25) is 0 Å². The SMILES string of the molecule is CC1CCN(S(=O)(=O)c2ccc(NC(=O)/C=C/c3ccc([N+](=O)[O-])cc3)cc2)CC1. The van der Waals surface area contributed by atoms with E-state index >= 15 is 0 Å². The van der Waals surface area contributed by atoms with Gasteiger partial charge in [-0.1, -0.05) is 6.92 Å². The summed E-state index contributed by atoms with van der Waals surface area (Å²) in [5, 5.41) is 13.3. The first-order valence-corrected chi connectivity index (χ1v) is 11.0. The number of amides is 1. The molecule has 0 saturated carbocycles. The number of piperidine rings is 1. The first-order valence-electron chi connectivity index (χ1n) is 9.59. The Kier molecular flexibility index (Phi) is 6.63. The quantitative estimate of drug-likeness (QED) is 0.428. The normalized spacial score (nSPS) is 15.9. The van der Waals surface area contributed by atoms with E-state index in [1.54, 1.807) is 24.3 Å². The molecule has 1 amide bonds. The van der Waals surface area contributed by atoms with Crippen LogP contribution in [0.4, 0.5) is 11.4 Å². The third kappa shape index (κ3) is 5.31. The van der Waals surface area contributed by atoms with E-state index in [1.807, 2.05) is 0 Å². The monoisotopic (exact) mass is 429 g/mol. The number of nitro groups is 1. The second-order valence-corrected chi connectivity index (χ2v) is 9.22. The van der Waals surface area contributed by atoms with Crippen LogP contribution in [0.3, 0.4) is 0 Å². The zero-order valence-electron chi connectivity index (χ0n) is 16.5. The zero-order chi connectivity index (χ0) is 21.7. The van der Waals surface area contributed by atoms with Gasteiger partial charge in [0.25, 0.3) is 5.69 Å². The average Bonchev–Trinajstić information content (AvgIpc) is 2.73. The van der Waals surface area contributed by atoms with Gasteiger partial charge in [0.05, 0.1) is 9.82 Å². The van der Waals surface area contributed by atoms with Gasteiger partial charge in [0, 0.05) is 37.0 Å². The van der Waals surface area contributed by atoms with Gasteiger partial charge in [-0.3, -0.25) is 14.9 Å². The number of nitrogens with zero attached hydrogens (tertiary/aromatic N) is 2. The molecule has 1 heterocycles. The molecule has 1 saturated heterocycles. The van der Waals surface area contributed by atoms with Crippen molar-refractivity contribution in [1.29, 1.82) is 0 Å². The number of benzene rings is 2. The number of nitro benzene ring substituents is 1. The topological polar surface area (TPSA) is 110 Å². The average molecular weight is 429 g/mol. The molecular weight excluding hydrogens is 406 g/mol. The molecule has 0 aliphatic carbocycles. The molecule has 0 bridgehead atoms. The highest BCUT2D eigenvalue weighted by molar-refractivity contribution is 7.89. The van der Waals surface area contributed by atoms with Crippen LogP contribution in [0, 0.1) is 16.0 Å². The molecule has 1 aliphatic heterocycles. The smallest absolute Gasteiger partial charge is 0.269 e. The first-order chi connectivity index (χ1) is 14.3. The lowest BCUT2D eigenvalue weighted by atomic mass is 10.0. The largest absolute Gasteiger partial charge is 0.323 e. The lowest BCUT2D eigenvalue weighted by Gasteiger charge is -2.29. The van der Waals surface area contributed by atoms with Crippen molar-refractivity contribution in [2.45, 2.75) is 24.7 Å². The fourth-order valence-corrected chi connectivity index (χ4v) is 4.62. The number of sulfonamides is 1. The molecule has 3 rings (SSSR count).